The number of nitrogens with one attached hydrogen (secondary N) is 1. The van der Waals surface area contributed by atoms with E-state index in [2.05, 4.69) is 15.3 Å². The molecule has 0 radical (unpaired) electrons. The first-order valence-corrected chi connectivity index (χ1v) is 11.5. The molecule has 2 heterocycles. The highest BCUT2D eigenvalue weighted by atomic mass is 35.5. The lowest BCUT2D eigenvalue weighted by Crippen LogP contribution is -2.43. The van der Waals surface area contributed by atoms with E-state index in [9.17, 15) is 9.59 Å². The normalized spacial score (nSPS) is 15.8. The van der Waals surface area contributed by atoms with Crippen molar-refractivity contribution < 1.29 is 9.53 Å². The third-order valence-corrected chi connectivity index (χ3v) is 5.89. The van der Waals surface area contributed by atoms with Crippen molar-refractivity contribution in [3.63, 3.8) is 0 Å². The summed E-state index contributed by atoms with van der Waals surface area (Å²) in [6.45, 7) is 4.38. The molecule has 2 aromatic carbocycles. The summed E-state index contributed by atoms with van der Waals surface area (Å²) in [5, 5.41) is 8.13. The molecule has 1 saturated heterocycles. The van der Waals surface area contributed by atoms with Crippen molar-refractivity contribution in [1.29, 1.82) is 0 Å². The van der Waals surface area contributed by atoms with Gasteiger partial charge in [-0.1, -0.05) is 29.8 Å². The highest BCUT2D eigenvalue weighted by Crippen LogP contribution is 2.22. The topological polar surface area (TPSA) is 76.5 Å². The molecule has 1 aromatic heterocycles. The van der Waals surface area contributed by atoms with Crippen LogP contribution < -0.4 is 20.5 Å². The van der Waals surface area contributed by atoms with Crippen LogP contribution in [0, 0.1) is 5.92 Å². The van der Waals surface area contributed by atoms with E-state index in [1.807, 2.05) is 31.2 Å². The molecule has 1 N–H and O–H groups in total. The van der Waals surface area contributed by atoms with Crippen LogP contribution in [-0.2, 0) is 11.3 Å². The molecule has 1 atom stereocenters. The maximum Gasteiger partial charge on any atom is 0.271 e. The highest BCUT2D eigenvalue weighted by molar-refractivity contribution is 6.30. The second kappa shape index (κ2) is 10.5. The van der Waals surface area contributed by atoms with Gasteiger partial charge in [0.1, 0.15) is 11.6 Å². The fraction of sp³-hybridized carbons (Fsp3) is 0.320. The number of benzene rings is 2. The Morgan fingerprint density at radius 1 is 1.18 bits per heavy atom. The largest absolute Gasteiger partial charge is 0.494 e. The van der Waals surface area contributed by atoms with E-state index in [4.69, 9.17) is 16.3 Å². The molecule has 3 aromatic rings. The number of carbonyl (C=O) groups excluding carboxylic acids is 1. The number of nitrogens with zero attached hydrogens (tertiary/aromatic N) is 3. The number of anilines is 1. The van der Waals surface area contributed by atoms with Crippen LogP contribution in [0.1, 0.15) is 25.3 Å². The minimum Gasteiger partial charge on any atom is -0.494 e. The molecule has 0 saturated carbocycles. The van der Waals surface area contributed by atoms with Crippen LogP contribution in [0.5, 0.6) is 5.75 Å². The number of aromatic nitrogens is 2. The van der Waals surface area contributed by atoms with E-state index in [0.29, 0.717) is 36.2 Å². The van der Waals surface area contributed by atoms with Gasteiger partial charge in [0.2, 0.25) is 5.91 Å². The zero-order valence-electron chi connectivity index (χ0n) is 18.5. The van der Waals surface area contributed by atoms with Crippen LogP contribution in [0.25, 0.3) is 5.69 Å². The van der Waals surface area contributed by atoms with Gasteiger partial charge in [0.05, 0.1) is 18.2 Å². The van der Waals surface area contributed by atoms with Gasteiger partial charge < -0.3 is 15.0 Å². The molecule has 172 valence electrons. The van der Waals surface area contributed by atoms with Crippen molar-refractivity contribution in [3.05, 3.63) is 81.6 Å². The van der Waals surface area contributed by atoms with Gasteiger partial charge in [0.15, 0.2) is 0 Å². The summed E-state index contributed by atoms with van der Waals surface area (Å²) in [7, 11) is 0. The lowest BCUT2D eigenvalue weighted by Gasteiger charge is -2.33. The average molecular weight is 467 g/mol. The number of rotatable bonds is 7. The van der Waals surface area contributed by atoms with E-state index in [1.165, 1.54) is 10.7 Å². The third-order valence-electron chi connectivity index (χ3n) is 5.66. The second-order valence-electron chi connectivity index (χ2n) is 8.00. The quantitative estimate of drug-likeness (QED) is 0.573. The number of hydrogen-bond donors (Lipinski definition) is 1. The summed E-state index contributed by atoms with van der Waals surface area (Å²) in [4.78, 5) is 27.3. The highest BCUT2D eigenvalue weighted by Gasteiger charge is 2.26. The number of piperidine rings is 1. The lowest BCUT2D eigenvalue weighted by atomic mass is 9.97. The minimum absolute atomic E-state index is 0.0248. The van der Waals surface area contributed by atoms with Gasteiger partial charge in [-0.05, 0) is 61.7 Å². The number of ether oxygens (including phenoxy) is 1. The Balaban J connectivity index is 1.41. The molecule has 7 nitrogen and oxygen atoms in total. The van der Waals surface area contributed by atoms with Gasteiger partial charge in [0.25, 0.3) is 5.56 Å². The van der Waals surface area contributed by atoms with Crippen molar-refractivity contribution in [2.75, 3.05) is 24.6 Å². The molecule has 1 fully saturated rings. The fourth-order valence-corrected chi connectivity index (χ4v) is 4.15. The lowest BCUT2D eigenvalue weighted by molar-refractivity contribution is -0.125. The molecular formula is C25H27ClN4O3. The third kappa shape index (κ3) is 5.73. The van der Waals surface area contributed by atoms with E-state index in [-0.39, 0.29) is 17.4 Å². The molecule has 0 unspecified atom stereocenters. The molecule has 8 heteroatoms. The van der Waals surface area contributed by atoms with Crippen LogP contribution in [-0.4, -0.2) is 35.4 Å². The molecular weight excluding hydrogens is 440 g/mol. The molecule has 1 aliphatic rings. The maximum atomic E-state index is 12.8. The summed E-state index contributed by atoms with van der Waals surface area (Å²) in [5.41, 5.74) is 1.40. The summed E-state index contributed by atoms with van der Waals surface area (Å²) in [6, 6.07) is 18.0. The van der Waals surface area contributed by atoms with Crippen LogP contribution in [0.3, 0.4) is 0 Å². The van der Waals surface area contributed by atoms with E-state index in [0.717, 1.165) is 30.7 Å². The van der Waals surface area contributed by atoms with Crippen LogP contribution in [0.15, 0.2) is 65.5 Å². The molecule has 0 bridgehead atoms. The maximum absolute atomic E-state index is 12.8. The van der Waals surface area contributed by atoms with Gasteiger partial charge >= 0.3 is 0 Å². The molecule has 33 heavy (non-hydrogen) atoms. The zero-order valence-corrected chi connectivity index (χ0v) is 19.3. The monoisotopic (exact) mass is 466 g/mol. The van der Waals surface area contributed by atoms with Gasteiger partial charge in [-0.15, -0.1) is 5.10 Å². The predicted molar refractivity (Wildman–Crippen MR) is 129 cm³/mol. The Labute approximate surface area is 197 Å². The molecule has 0 spiro atoms. The Kier molecular flexibility index (Phi) is 7.29. The number of carbonyl (C=O) groups is 1. The first-order chi connectivity index (χ1) is 16.0. The molecule has 1 aliphatic heterocycles. The first-order valence-electron chi connectivity index (χ1n) is 11.1. The van der Waals surface area contributed by atoms with E-state index >= 15 is 0 Å². The summed E-state index contributed by atoms with van der Waals surface area (Å²) in [6.07, 6.45) is 1.69. The van der Waals surface area contributed by atoms with Gasteiger partial charge in [0, 0.05) is 30.7 Å². The number of amides is 1. The molecule has 0 aliphatic carbocycles. The van der Waals surface area contributed by atoms with Crippen molar-refractivity contribution >= 4 is 23.3 Å². The Hall–Kier alpha value is -3.32. The average Bonchev–Trinajstić information content (AvgIpc) is 2.84. The van der Waals surface area contributed by atoms with Gasteiger partial charge in [-0.2, -0.15) is 4.68 Å². The van der Waals surface area contributed by atoms with Crippen LogP contribution >= 0.6 is 11.6 Å². The summed E-state index contributed by atoms with van der Waals surface area (Å²) in [5.74, 6) is 1.37. The minimum atomic E-state index is -0.234. The molecule has 1 amide bonds. The van der Waals surface area contributed by atoms with Crippen molar-refractivity contribution in [2.24, 2.45) is 5.92 Å². The Morgan fingerprint density at radius 2 is 2.00 bits per heavy atom. The first kappa shape index (κ1) is 22.9. The zero-order chi connectivity index (χ0) is 23.2. The Morgan fingerprint density at radius 3 is 2.76 bits per heavy atom. The van der Waals surface area contributed by atoms with Crippen LogP contribution in [0.4, 0.5) is 5.82 Å². The standard InChI is InChI=1S/C25H27ClN4O3/c1-2-33-22-10-8-18(9-11-22)16-27-25(32)19-5-4-14-29(17-19)23-12-13-24(31)30(28-23)21-7-3-6-20(26)15-21/h3,6-13,15,19H,2,4-5,14,16-17H2,1H3,(H,27,32)/t19-/m0/s1. The fourth-order valence-electron chi connectivity index (χ4n) is 3.97. The number of hydrogen-bond acceptors (Lipinski definition) is 5. The summed E-state index contributed by atoms with van der Waals surface area (Å²) >= 11 is 6.08. The molecule has 4 rings (SSSR count). The van der Waals surface area contributed by atoms with Crippen molar-refractivity contribution in [2.45, 2.75) is 26.3 Å². The van der Waals surface area contributed by atoms with E-state index in [1.54, 1.807) is 30.3 Å². The number of halogens is 1. The van der Waals surface area contributed by atoms with Gasteiger partial charge in [-0.25, -0.2) is 0 Å². The second-order valence-corrected chi connectivity index (χ2v) is 8.44. The van der Waals surface area contributed by atoms with Crippen molar-refractivity contribution in [1.82, 2.24) is 15.1 Å². The summed E-state index contributed by atoms with van der Waals surface area (Å²) < 4.78 is 6.80. The van der Waals surface area contributed by atoms with Crippen molar-refractivity contribution in [3.8, 4) is 11.4 Å². The Bertz CT molecular complexity index is 1160. The van der Waals surface area contributed by atoms with E-state index < -0.39 is 0 Å². The van der Waals surface area contributed by atoms with Crippen LogP contribution in [0.2, 0.25) is 5.02 Å². The van der Waals surface area contributed by atoms with Gasteiger partial charge in [-0.3, -0.25) is 9.59 Å². The predicted octanol–water partition coefficient (Wildman–Crippen LogP) is 3.82. The SMILES string of the molecule is CCOc1ccc(CNC(=O)[C@H]2CCCN(c3ccc(=O)n(-c4cccc(Cl)c4)n3)C2)cc1. The smallest absolute Gasteiger partial charge is 0.271 e.